The third kappa shape index (κ3) is 1.37. The van der Waals surface area contributed by atoms with Crippen LogP contribution in [-0.2, 0) is 6.54 Å². The Balaban J connectivity index is 2.40. The summed E-state index contributed by atoms with van der Waals surface area (Å²) < 4.78 is 2.15. The van der Waals surface area contributed by atoms with E-state index in [9.17, 15) is 0 Å². The zero-order valence-corrected chi connectivity index (χ0v) is 6.72. The quantitative estimate of drug-likeness (QED) is 0.550. The summed E-state index contributed by atoms with van der Waals surface area (Å²) in [5, 5.41) is 0. The fraction of sp³-hybridized carbons (Fsp3) is 0.100. The summed E-state index contributed by atoms with van der Waals surface area (Å²) in [6, 6.07) is 4.13. The second-order valence-electron chi connectivity index (χ2n) is 2.62. The van der Waals surface area contributed by atoms with Crippen LogP contribution in [0.25, 0.3) is 6.08 Å². The van der Waals surface area contributed by atoms with Crippen molar-refractivity contribution in [3.8, 4) is 0 Å². The molecule has 0 radical (unpaired) electrons. The van der Waals surface area contributed by atoms with Crippen LogP contribution in [-0.4, -0.2) is 10.8 Å². The standard InChI is InChI=1S/C10H10N2/c1-2-6-11-7-9-12-8-3-5-10(12)4-1/h1-8H,9H2/b4-1?,6-2+,11-7?. The largest absolute Gasteiger partial charge is 0.343 e. The van der Waals surface area contributed by atoms with Gasteiger partial charge in [0, 0.05) is 24.3 Å². The highest BCUT2D eigenvalue weighted by Crippen LogP contribution is 2.05. The van der Waals surface area contributed by atoms with E-state index in [0.717, 1.165) is 6.54 Å². The molecule has 0 fully saturated rings. The maximum Gasteiger partial charge on any atom is 0.0578 e. The highest BCUT2D eigenvalue weighted by Gasteiger charge is 1.94. The Morgan fingerprint density at radius 2 is 2.33 bits per heavy atom. The normalized spacial score (nSPS) is 17.7. The topological polar surface area (TPSA) is 17.3 Å². The van der Waals surface area contributed by atoms with Crippen LogP contribution in [0.2, 0.25) is 0 Å². The van der Waals surface area contributed by atoms with Gasteiger partial charge in [-0.05, 0) is 24.3 Å². The fourth-order valence-electron chi connectivity index (χ4n) is 1.19. The summed E-state index contributed by atoms with van der Waals surface area (Å²) in [6.45, 7) is 0.844. The molecule has 0 bridgehead atoms. The first-order valence-electron chi connectivity index (χ1n) is 3.97. The molecule has 0 aromatic carbocycles. The second kappa shape index (κ2) is 3.22. The number of fused-ring (bicyclic) bond motifs is 1. The Kier molecular flexibility index (Phi) is 1.90. The maximum atomic E-state index is 4.09. The number of aliphatic imine (C=N–C) groups is 1. The van der Waals surface area contributed by atoms with Crippen LogP contribution >= 0.6 is 0 Å². The van der Waals surface area contributed by atoms with Gasteiger partial charge in [0.2, 0.25) is 0 Å². The van der Waals surface area contributed by atoms with E-state index in [2.05, 4.69) is 27.9 Å². The van der Waals surface area contributed by atoms with E-state index in [1.165, 1.54) is 5.69 Å². The lowest BCUT2D eigenvalue weighted by Gasteiger charge is -1.99. The summed E-state index contributed by atoms with van der Waals surface area (Å²) >= 11 is 0. The molecule has 0 atom stereocenters. The molecular weight excluding hydrogens is 148 g/mol. The van der Waals surface area contributed by atoms with Crippen LogP contribution in [0.3, 0.4) is 0 Å². The molecule has 2 nitrogen and oxygen atoms in total. The maximum absolute atomic E-state index is 4.09. The molecule has 2 heterocycles. The molecule has 0 amide bonds. The van der Waals surface area contributed by atoms with Gasteiger partial charge in [-0.1, -0.05) is 6.08 Å². The highest BCUT2D eigenvalue weighted by molar-refractivity contribution is 5.60. The van der Waals surface area contributed by atoms with Crippen molar-refractivity contribution in [1.29, 1.82) is 0 Å². The summed E-state index contributed by atoms with van der Waals surface area (Å²) in [5.41, 5.74) is 1.22. The van der Waals surface area contributed by atoms with Crippen LogP contribution < -0.4 is 0 Å². The van der Waals surface area contributed by atoms with Gasteiger partial charge in [0.15, 0.2) is 0 Å². The van der Waals surface area contributed by atoms with Crippen LogP contribution in [0.1, 0.15) is 5.69 Å². The predicted molar refractivity (Wildman–Crippen MR) is 51.1 cm³/mol. The van der Waals surface area contributed by atoms with Gasteiger partial charge < -0.3 is 4.57 Å². The van der Waals surface area contributed by atoms with Crippen LogP contribution in [0.15, 0.2) is 41.7 Å². The first-order chi connectivity index (χ1) is 5.97. The number of nitrogens with zero attached hydrogens (tertiary/aromatic N) is 2. The minimum Gasteiger partial charge on any atom is -0.343 e. The Morgan fingerprint density at radius 3 is 3.33 bits per heavy atom. The zero-order chi connectivity index (χ0) is 8.23. The monoisotopic (exact) mass is 158 g/mol. The van der Waals surface area contributed by atoms with E-state index in [0.29, 0.717) is 0 Å². The summed E-state index contributed by atoms with van der Waals surface area (Å²) in [5.74, 6) is 0. The molecule has 2 rings (SSSR count). The summed E-state index contributed by atoms with van der Waals surface area (Å²) in [7, 11) is 0. The van der Waals surface area contributed by atoms with Crippen molar-refractivity contribution in [3.63, 3.8) is 0 Å². The fourth-order valence-corrected chi connectivity index (χ4v) is 1.19. The Hall–Kier alpha value is -1.57. The van der Waals surface area contributed by atoms with Gasteiger partial charge in [-0.15, -0.1) is 0 Å². The average molecular weight is 158 g/mol. The third-order valence-electron chi connectivity index (χ3n) is 1.80. The van der Waals surface area contributed by atoms with Crippen molar-refractivity contribution >= 4 is 12.3 Å². The van der Waals surface area contributed by atoms with Crippen molar-refractivity contribution in [2.45, 2.75) is 6.54 Å². The first kappa shape index (κ1) is 7.10. The van der Waals surface area contributed by atoms with Crippen LogP contribution in [0.4, 0.5) is 0 Å². The molecule has 1 aromatic heterocycles. The SMILES string of the molecule is C1=Cc2cccn2CC=N/C=C/1. The molecular formula is C10H10N2. The van der Waals surface area contributed by atoms with Crippen LogP contribution in [0, 0.1) is 0 Å². The van der Waals surface area contributed by atoms with Gasteiger partial charge in [0.1, 0.15) is 0 Å². The minimum atomic E-state index is 0.844. The molecule has 60 valence electrons. The van der Waals surface area contributed by atoms with Crippen molar-refractivity contribution in [1.82, 2.24) is 4.57 Å². The molecule has 0 saturated carbocycles. The van der Waals surface area contributed by atoms with E-state index in [-0.39, 0.29) is 0 Å². The average Bonchev–Trinajstić information content (AvgIpc) is 2.50. The molecule has 1 aromatic rings. The Morgan fingerprint density at radius 1 is 1.33 bits per heavy atom. The van der Waals surface area contributed by atoms with E-state index in [4.69, 9.17) is 0 Å². The van der Waals surface area contributed by atoms with Gasteiger partial charge >= 0.3 is 0 Å². The lowest BCUT2D eigenvalue weighted by molar-refractivity contribution is 0.863. The predicted octanol–water partition coefficient (Wildman–Crippen LogP) is 2.10. The Labute approximate surface area is 71.6 Å². The van der Waals surface area contributed by atoms with Gasteiger partial charge in [0.25, 0.3) is 0 Å². The molecule has 12 heavy (non-hydrogen) atoms. The van der Waals surface area contributed by atoms with E-state index >= 15 is 0 Å². The van der Waals surface area contributed by atoms with Gasteiger partial charge in [-0.2, -0.15) is 0 Å². The van der Waals surface area contributed by atoms with E-state index in [1.54, 1.807) is 6.20 Å². The smallest absolute Gasteiger partial charge is 0.0578 e. The molecule has 1 aliphatic heterocycles. The highest BCUT2D eigenvalue weighted by atomic mass is 15.0. The molecule has 2 heteroatoms. The first-order valence-corrected chi connectivity index (χ1v) is 3.97. The van der Waals surface area contributed by atoms with Gasteiger partial charge in [-0.3, -0.25) is 4.99 Å². The third-order valence-corrected chi connectivity index (χ3v) is 1.80. The van der Waals surface area contributed by atoms with E-state index in [1.807, 2.05) is 24.4 Å². The lowest BCUT2D eigenvalue weighted by Crippen LogP contribution is -1.98. The lowest BCUT2D eigenvalue weighted by atomic mass is 10.3. The number of allylic oxidation sites excluding steroid dienone is 2. The number of hydrogen-bond acceptors (Lipinski definition) is 1. The molecule has 1 aliphatic rings. The van der Waals surface area contributed by atoms with Crippen molar-refractivity contribution < 1.29 is 0 Å². The van der Waals surface area contributed by atoms with Gasteiger partial charge in [0.05, 0.1) is 6.54 Å². The molecule has 0 saturated heterocycles. The Bertz CT molecular complexity index is 342. The number of hydrogen-bond donors (Lipinski definition) is 0. The van der Waals surface area contributed by atoms with E-state index < -0.39 is 0 Å². The molecule has 0 spiro atoms. The molecule has 0 N–H and O–H groups in total. The zero-order valence-electron chi connectivity index (χ0n) is 6.72. The van der Waals surface area contributed by atoms with Crippen LogP contribution in [0.5, 0.6) is 0 Å². The number of rotatable bonds is 0. The molecule has 0 aliphatic carbocycles. The van der Waals surface area contributed by atoms with Crippen molar-refractivity contribution in [3.05, 3.63) is 42.4 Å². The summed E-state index contributed by atoms with van der Waals surface area (Å²) in [4.78, 5) is 4.09. The van der Waals surface area contributed by atoms with Crippen molar-refractivity contribution in [2.75, 3.05) is 0 Å². The second-order valence-corrected chi connectivity index (χ2v) is 2.62. The van der Waals surface area contributed by atoms with Gasteiger partial charge in [-0.25, -0.2) is 0 Å². The minimum absolute atomic E-state index is 0.844. The van der Waals surface area contributed by atoms with Crippen molar-refractivity contribution in [2.24, 2.45) is 4.99 Å². The number of aromatic nitrogens is 1. The molecule has 0 unspecified atom stereocenters. The summed E-state index contributed by atoms with van der Waals surface area (Å²) in [6.07, 6.45) is 11.7.